The molecule has 1 aromatic heterocycles. The van der Waals surface area contributed by atoms with Gasteiger partial charge in [0.05, 0.1) is 23.1 Å². The smallest absolute Gasteiger partial charge is 0.241 e. The summed E-state index contributed by atoms with van der Waals surface area (Å²) in [6, 6.07) is 7.66. The van der Waals surface area contributed by atoms with Crippen LogP contribution in [0.5, 0.6) is 5.75 Å². The molecule has 1 N–H and O–H groups in total. The number of likely N-dealkylation sites (N-methyl/N-ethyl adjacent to an activating group) is 1. The lowest BCUT2D eigenvalue weighted by molar-refractivity contribution is -0.120. The van der Waals surface area contributed by atoms with E-state index < -0.39 is 0 Å². The molecule has 0 aliphatic rings. The SMILES string of the molecule is Cc1ccccc1OCCN(C)[C@H](C)C(=O)Nc1c(C)nn(C)c1C. The Labute approximate surface area is 149 Å². The first kappa shape index (κ1) is 19.0. The van der Waals surface area contributed by atoms with Gasteiger partial charge in [-0.15, -0.1) is 0 Å². The summed E-state index contributed by atoms with van der Waals surface area (Å²) >= 11 is 0. The molecular formula is C19H28N4O2. The third-order valence-corrected chi connectivity index (χ3v) is 4.59. The van der Waals surface area contributed by atoms with Gasteiger partial charge in [0.25, 0.3) is 0 Å². The molecule has 0 fully saturated rings. The van der Waals surface area contributed by atoms with Gasteiger partial charge in [0.15, 0.2) is 0 Å². The number of para-hydroxylation sites is 1. The molecule has 0 radical (unpaired) electrons. The zero-order valence-electron chi connectivity index (χ0n) is 16.0. The molecule has 1 amide bonds. The van der Waals surface area contributed by atoms with E-state index in [1.54, 1.807) is 4.68 Å². The first-order chi connectivity index (χ1) is 11.8. The van der Waals surface area contributed by atoms with E-state index in [-0.39, 0.29) is 11.9 Å². The number of carbonyl (C=O) groups is 1. The fourth-order valence-corrected chi connectivity index (χ4v) is 2.59. The Morgan fingerprint density at radius 1 is 1.32 bits per heavy atom. The Kier molecular flexibility index (Phi) is 6.20. The van der Waals surface area contributed by atoms with Crippen molar-refractivity contribution in [2.75, 3.05) is 25.5 Å². The summed E-state index contributed by atoms with van der Waals surface area (Å²) in [6.07, 6.45) is 0. The van der Waals surface area contributed by atoms with Crippen LogP contribution in [0.15, 0.2) is 24.3 Å². The molecule has 6 nitrogen and oxygen atoms in total. The summed E-state index contributed by atoms with van der Waals surface area (Å²) in [6.45, 7) is 8.95. The standard InChI is InChI=1S/C19H28N4O2/c1-13-9-7-8-10-17(13)25-12-11-22(5)16(4)19(24)20-18-14(2)21-23(6)15(18)3/h7-10,16H,11-12H2,1-6H3,(H,20,24)/t16-/m1/s1. The lowest BCUT2D eigenvalue weighted by Crippen LogP contribution is -2.41. The zero-order chi connectivity index (χ0) is 18.6. The van der Waals surface area contributed by atoms with Crippen LogP contribution in [0.2, 0.25) is 0 Å². The molecule has 2 rings (SSSR count). The van der Waals surface area contributed by atoms with Crippen molar-refractivity contribution in [3.8, 4) is 5.75 Å². The number of amides is 1. The Balaban J connectivity index is 1.87. The number of nitrogens with one attached hydrogen (secondary N) is 1. The second-order valence-corrected chi connectivity index (χ2v) is 6.43. The lowest BCUT2D eigenvalue weighted by Gasteiger charge is -2.24. The van der Waals surface area contributed by atoms with Crippen molar-refractivity contribution < 1.29 is 9.53 Å². The van der Waals surface area contributed by atoms with E-state index in [4.69, 9.17) is 4.74 Å². The maximum Gasteiger partial charge on any atom is 0.241 e. The Morgan fingerprint density at radius 2 is 2.00 bits per heavy atom. The first-order valence-corrected chi connectivity index (χ1v) is 8.51. The Bertz CT molecular complexity index is 739. The number of hydrogen-bond acceptors (Lipinski definition) is 4. The summed E-state index contributed by atoms with van der Waals surface area (Å²) in [4.78, 5) is 14.5. The average Bonchev–Trinajstić information content (AvgIpc) is 2.82. The average molecular weight is 344 g/mol. The molecule has 6 heteroatoms. The van der Waals surface area contributed by atoms with Crippen molar-refractivity contribution in [2.24, 2.45) is 7.05 Å². The van der Waals surface area contributed by atoms with Gasteiger partial charge in [0.2, 0.25) is 5.91 Å². The molecule has 1 atom stereocenters. The third kappa shape index (κ3) is 4.60. The van der Waals surface area contributed by atoms with E-state index in [9.17, 15) is 4.79 Å². The number of hydrogen-bond donors (Lipinski definition) is 1. The van der Waals surface area contributed by atoms with E-state index in [0.717, 1.165) is 28.4 Å². The summed E-state index contributed by atoms with van der Waals surface area (Å²) < 4.78 is 7.58. The third-order valence-electron chi connectivity index (χ3n) is 4.59. The molecule has 25 heavy (non-hydrogen) atoms. The fraction of sp³-hybridized carbons (Fsp3) is 0.474. The predicted octanol–water partition coefficient (Wildman–Crippen LogP) is 2.68. The van der Waals surface area contributed by atoms with E-state index in [1.807, 2.05) is 71.0 Å². The van der Waals surface area contributed by atoms with Crippen LogP contribution in [0.4, 0.5) is 5.69 Å². The Hall–Kier alpha value is -2.34. The maximum absolute atomic E-state index is 12.5. The summed E-state index contributed by atoms with van der Waals surface area (Å²) in [5.74, 6) is 0.840. The highest BCUT2D eigenvalue weighted by molar-refractivity contribution is 5.95. The lowest BCUT2D eigenvalue weighted by atomic mass is 10.2. The normalized spacial score (nSPS) is 12.3. The van der Waals surface area contributed by atoms with E-state index in [2.05, 4.69) is 10.4 Å². The molecular weight excluding hydrogens is 316 g/mol. The summed E-state index contributed by atoms with van der Waals surface area (Å²) in [5.41, 5.74) is 3.68. The van der Waals surface area contributed by atoms with Gasteiger partial charge in [0, 0.05) is 13.6 Å². The molecule has 0 unspecified atom stereocenters. The second kappa shape index (κ2) is 8.16. The zero-order valence-corrected chi connectivity index (χ0v) is 16.0. The number of rotatable bonds is 7. The summed E-state index contributed by atoms with van der Waals surface area (Å²) in [5, 5.41) is 7.32. The monoisotopic (exact) mass is 344 g/mol. The van der Waals surface area contributed by atoms with Gasteiger partial charge in [-0.2, -0.15) is 5.10 Å². The highest BCUT2D eigenvalue weighted by atomic mass is 16.5. The maximum atomic E-state index is 12.5. The van der Waals surface area contributed by atoms with Crippen molar-refractivity contribution in [2.45, 2.75) is 33.7 Å². The van der Waals surface area contributed by atoms with Crippen molar-refractivity contribution in [1.82, 2.24) is 14.7 Å². The summed E-state index contributed by atoms with van der Waals surface area (Å²) in [7, 11) is 3.80. The van der Waals surface area contributed by atoms with Crippen molar-refractivity contribution in [3.63, 3.8) is 0 Å². The van der Waals surface area contributed by atoms with Gasteiger partial charge in [-0.05, 0) is 46.4 Å². The van der Waals surface area contributed by atoms with Gasteiger partial charge < -0.3 is 10.1 Å². The molecule has 0 saturated heterocycles. The molecule has 0 aliphatic carbocycles. The number of carbonyl (C=O) groups excluding carboxylic acids is 1. The first-order valence-electron chi connectivity index (χ1n) is 8.51. The molecule has 1 aromatic carbocycles. The van der Waals surface area contributed by atoms with Crippen molar-refractivity contribution in [3.05, 3.63) is 41.2 Å². The van der Waals surface area contributed by atoms with Crippen molar-refractivity contribution >= 4 is 11.6 Å². The number of aryl methyl sites for hydroxylation is 3. The van der Waals surface area contributed by atoms with Gasteiger partial charge in [-0.3, -0.25) is 14.4 Å². The quantitative estimate of drug-likeness (QED) is 0.839. The minimum Gasteiger partial charge on any atom is -0.492 e. The molecule has 136 valence electrons. The van der Waals surface area contributed by atoms with Crippen LogP contribution in [0.25, 0.3) is 0 Å². The van der Waals surface area contributed by atoms with Crippen LogP contribution in [-0.2, 0) is 11.8 Å². The van der Waals surface area contributed by atoms with Crippen LogP contribution in [-0.4, -0.2) is 46.8 Å². The predicted molar refractivity (Wildman–Crippen MR) is 100 cm³/mol. The van der Waals surface area contributed by atoms with Gasteiger partial charge in [-0.1, -0.05) is 18.2 Å². The molecule has 0 aliphatic heterocycles. The number of anilines is 1. The number of aromatic nitrogens is 2. The molecule has 2 aromatic rings. The van der Waals surface area contributed by atoms with Crippen LogP contribution >= 0.6 is 0 Å². The van der Waals surface area contributed by atoms with E-state index in [1.165, 1.54) is 0 Å². The van der Waals surface area contributed by atoms with E-state index in [0.29, 0.717) is 13.2 Å². The van der Waals surface area contributed by atoms with Gasteiger partial charge in [0.1, 0.15) is 12.4 Å². The highest BCUT2D eigenvalue weighted by Gasteiger charge is 2.20. The Morgan fingerprint density at radius 3 is 2.60 bits per heavy atom. The van der Waals surface area contributed by atoms with Crippen LogP contribution in [0.3, 0.4) is 0 Å². The fourth-order valence-electron chi connectivity index (χ4n) is 2.59. The van der Waals surface area contributed by atoms with E-state index >= 15 is 0 Å². The number of ether oxygens (including phenoxy) is 1. The molecule has 0 spiro atoms. The number of benzene rings is 1. The highest BCUT2D eigenvalue weighted by Crippen LogP contribution is 2.19. The van der Waals surface area contributed by atoms with Crippen LogP contribution < -0.4 is 10.1 Å². The molecule has 0 saturated carbocycles. The minimum absolute atomic E-state index is 0.0439. The minimum atomic E-state index is -0.264. The van der Waals surface area contributed by atoms with Gasteiger partial charge in [-0.25, -0.2) is 0 Å². The topological polar surface area (TPSA) is 59.4 Å². The molecule has 1 heterocycles. The molecule has 0 bridgehead atoms. The van der Waals surface area contributed by atoms with Crippen molar-refractivity contribution in [1.29, 1.82) is 0 Å². The van der Waals surface area contributed by atoms with Crippen LogP contribution in [0.1, 0.15) is 23.9 Å². The second-order valence-electron chi connectivity index (χ2n) is 6.43. The van der Waals surface area contributed by atoms with Gasteiger partial charge >= 0.3 is 0 Å². The number of nitrogens with zero attached hydrogens (tertiary/aromatic N) is 3. The largest absolute Gasteiger partial charge is 0.492 e. The van der Waals surface area contributed by atoms with Crippen LogP contribution in [0, 0.1) is 20.8 Å².